The predicted molar refractivity (Wildman–Crippen MR) is 122 cm³/mol. The lowest BCUT2D eigenvalue weighted by Crippen LogP contribution is -2.42. The van der Waals surface area contributed by atoms with Crippen LogP contribution in [0.15, 0.2) is 63.5 Å². The molecule has 7 nitrogen and oxygen atoms in total. The molecule has 0 atom stereocenters. The third-order valence-electron chi connectivity index (χ3n) is 4.41. The fourth-order valence-electron chi connectivity index (χ4n) is 3.05. The maximum Gasteiger partial charge on any atom is 0.330 e. The average Bonchev–Trinajstić information content (AvgIpc) is 3.22. The summed E-state index contributed by atoms with van der Waals surface area (Å²) >= 11 is 1.50. The Labute approximate surface area is 178 Å². The Morgan fingerprint density at radius 2 is 1.93 bits per heavy atom. The number of thiophene rings is 1. The van der Waals surface area contributed by atoms with Crippen LogP contribution in [0.25, 0.3) is 6.08 Å². The van der Waals surface area contributed by atoms with Crippen LogP contribution >= 0.6 is 11.3 Å². The number of rotatable bonds is 7. The lowest BCUT2D eigenvalue weighted by Gasteiger charge is -2.25. The van der Waals surface area contributed by atoms with Gasteiger partial charge in [-0.05, 0) is 29.0 Å². The molecule has 0 radical (unpaired) electrons. The fourth-order valence-corrected chi connectivity index (χ4v) is 3.67. The number of carbonyl (C=O) groups excluding carboxylic acids is 1. The van der Waals surface area contributed by atoms with Crippen LogP contribution in [0.5, 0.6) is 0 Å². The molecule has 0 saturated heterocycles. The number of aromatic amines is 1. The van der Waals surface area contributed by atoms with E-state index >= 15 is 0 Å². The first-order valence-corrected chi connectivity index (χ1v) is 10.4. The number of hydrogen-bond acceptors (Lipinski definition) is 5. The molecule has 30 heavy (non-hydrogen) atoms. The van der Waals surface area contributed by atoms with E-state index in [1.54, 1.807) is 6.08 Å². The molecule has 0 unspecified atom stereocenters. The SMILES string of the molecule is CC(C)CN(C(=O)/C=C/c1cccs1)c1c(N)n(Cc2ccccc2)c(=O)[nH]c1=O. The molecular formula is C22H24N4O3S. The number of H-pyrrole nitrogens is 1. The number of nitrogens with one attached hydrogen (secondary N) is 1. The lowest BCUT2D eigenvalue weighted by atomic mass is 10.2. The van der Waals surface area contributed by atoms with Crippen molar-refractivity contribution in [3.05, 3.63) is 85.2 Å². The first-order valence-electron chi connectivity index (χ1n) is 9.56. The van der Waals surface area contributed by atoms with E-state index in [0.717, 1.165) is 10.4 Å². The first kappa shape index (κ1) is 21.3. The van der Waals surface area contributed by atoms with E-state index in [4.69, 9.17) is 5.73 Å². The summed E-state index contributed by atoms with van der Waals surface area (Å²) in [5, 5.41) is 1.91. The second-order valence-electron chi connectivity index (χ2n) is 7.26. The number of amides is 1. The van der Waals surface area contributed by atoms with Crippen LogP contribution in [0, 0.1) is 5.92 Å². The van der Waals surface area contributed by atoms with Gasteiger partial charge < -0.3 is 10.6 Å². The minimum Gasteiger partial charge on any atom is -0.383 e. The van der Waals surface area contributed by atoms with Crippen LogP contribution in [0.3, 0.4) is 0 Å². The number of nitrogens with zero attached hydrogens (tertiary/aromatic N) is 2. The summed E-state index contributed by atoms with van der Waals surface area (Å²) in [6, 6.07) is 13.1. The second kappa shape index (κ2) is 9.41. The first-order chi connectivity index (χ1) is 14.4. The van der Waals surface area contributed by atoms with Crippen LogP contribution < -0.4 is 21.9 Å². The molecule has 0 fully saturated rings. The van der Waals surface area contributed by atoms with Gasteiger partial charge in [0.1, 0.15) is 5.82 Å². The van der Waals surface area contributed by atoms with Crippen molar-refractivity contribution in [3.8, 4) is 0 Å². The minimum absolute atomic E-state index is 0.0138. The molecule has 1 aromatic carbocycles. The van der Waals surface area contributed by atoms with Gasteiger partial charge in [-0.3, -0.25) is 19.1 Å². The summed E-state index contributed by atoms with van der Waals surface area (Å²) in [6.07, 6.45) is 3.12. The fraction of sp³-hybridized carbons (Fsp3) is 0.227. The highest BCUT2D eigenvalue weighted by molar-refractivity contribution is 7.10. The molecule has 0 aliphatic carbocycles. The number of nitrogen functional groups attached to an aromatic ring is 1. The average molecular weight is 425 g/mol. The Morgan fingerprint density at radius 1 is 1.20 bits per heavy atom. The van der Waals surface area contributed by atoms with Crippen molar-refractivity contribution in [3.63, 3.8) is 0 Å². The molecule has 2 aromatic heterocycles. The van der Waals surface area contributed by atoms with Gasteiger partial charge >= 0.3 is 5.69 Å². The van der Waals surface area contributed by atoms with Crippen molar-refractivity contribution >= 4 is 34.8 Å². The van der Waals surface area contributed by atoms with E-state index in [-0.39, 0.29) is 36.4 Å². The van der Waals surface area contributed by atoms with E-state index in [0.29, 0.717) is 0 Å². The molecule has 3 rings (SSSR count). The Kier molecular flexibility index (Phi) is 6.68. The molecule has 0 spiro atoms. The maximum absolute atomic E-state index is 13.0. The normalized spacial score (nSPS) is 11.3. The molecule has 8 heteroatoms. The van der Waals surface area contributed by atoms with Crippen molar-refractivity contribution in [2.45, 2.75) is 20.4 Å². The van der Waals surface area contributed by atoms with Crippen LogP contribution in [0.4, 0.5) is 11.5 Å². The highest BCUT2D eigenvalue weighted by Crippen LogP contribution is 2.20. The third kappa shape index (κ3) is 4.96. The molecule has 156 valence electrons. The highest BCUT2D eigenvalue weighted by atomic mass is 32.1. The summed E-state index contributed by atoms with van der Waals surface area (Å²) in [5.74, 6) is -0.331. The Morgan fingerprint density at radius 3 is 2.57 bits per heavy atom. The molecular weight excluding hydrogens is 400 g/mol. The van der Waals surface area contributed by atoms with Crippen LogP contribution in [0.2, 0.25) is 0 Å². The summed E-state index contributed by atoms with van der Waals surface area (Å²) in [7, 11) is 0. The number of carbonyl (C=O) groups is 1. The van der Waals surface area contributed by atoms with E-state index < -0.39 is 11.2 Å². The third-order valence-corrected chi connectivity index (χ3v) is 5.25. The van der Waals surface area contributed by atoms with Gasteiger partial charge in [-0.25, -0.2) is 4.79 Å². The van der Waals surface area contributed by atoms with Crippen LogP contribution in [0.1, 0.15) is 24.3 Å². The molecule has 3 N–H and O–H groups in total. The van der Waals surface area contributed by atoms with Gasteiger partial charge in [-0.15, -0.1) is 11.3 Å². The standard InChI is InChI=1S/C22H24N4O3S/c1-15(2)13-25(18(27)11-10-17-9-6-12-30-17)19-20(23)26(22(29)24-21(19)28)14-16-7-4-3-5-8-16/h3-12,15H,13-14,23H2,1-2H3,(H,24,28,29)/b11-10+. The largest absolute Gasteiger partial charge is 0.383 e. The van der Waals surface area contributed by atoms with Gasteiger partial charge in [-0.1, -0.05) is 50.2 Å². The van der Waals surface area contributed by atoms with E-state index in [1.807, 2.05) is 61.7 Å². The second-order valence-corrected chi connectivity index (χ2v) is 8.24. The topological polar surface area (TPSA) is 101 Å². The van der Waals surface area contributed by atoms with Crippen molar-refractivity contribution in [1.82, 2.24) is 9.55 Å². The van der Waals surface area contributed by atoms with Crippen LogP contribution in [-0.4, -0.2) is 22.0 Å². The van der Waals surface area contributed by atoms with Gasteiger partial charge in [0.05, 0.1) is 6.54 Å². The number of aromatic nitrogens is 2. The number of anilines is 2. The number of hydrogen-bond donors (Lipinski definition) is 2. The van der Waals surface area contributed by atoms with E-state index in [9.17, 15) is 14.4 Å². The molecule has 0 bridgehead atoms. The Bertz CT molecular complexity index is 1150. The molecule has 2 heterocycles. The van der Waals surface area contributed by atoms with Crippen molar-refractivity contribution in [1.29, 1.82) is 0 Å². The zero-order chi connectivity index (χ0) is 21.7. The lowest BCUT2D eigenvalue weighted by molar-refractivity contribution is -0.114. The summed E-state index contributed by atoms with van der Waals surface area (Å²) in [4.78, 5) is 42.6. The minimum atomic E-state index is -0.680. The maximum atomic E-state index is 13.0. The number of benzene rings is 1. The van der Waals surface area contributed by atoms with Crippen molar-refractivity contribution in [2.75, 3.05) is 17.2 Å². The Balaban J connectivity index is 2.04. The van der Waals surface area contributed by atoms with Gasteiger partial charge in [0.2, 0.25) is 0 Å². The smallest absolute Gasteiger partial charge is 0.330 e. The van der Waals surface area contributed by atoms with Gasteiger partial charge in [-0.2, -0.15) is 0 Å². The number of nitrogens with two attached hydrogens (primary N) is 1. The molecule has 1 amide bonds. The molecule has 0 aliphatic rings. The van der Waals surface area contributed by atoms with Gasteiger partial charge in [0, 0.05) is 17.5 Å². The van der Waals surface area contributed by atoms with Crippen molar-refractivity contribution < 1.29 is 4.79 Å². The zero-order valence-corrected chi connectivity index (χ0v) is 17.7. The van der Waals surface area contributed by atoms with Crippen LogP contribution in [-0.2, 0) is 11.3 Å². The van der Waals surface area contributed by atoms with E-state index in [1.165, 1.54) is 26.9 Å². The summed E-state index contributed by atoms with van der Waals surface area (Å²) in [6.45, 7) is 4.34. The van der Waals surface area contributed by atoms with Crippen molar-refractivity contribution in [2.24, 2.45) is 5.92 Å². The molecule has 3 aromatic rings. The van der Waals surface area contributed by atoms with Gasteiger partial charge in [0.15, 0.2) is 5.69 Å². The summed E-state index contributed by atoms with van der Waals surface area (Å²) in [5.41, 5.74) is 5.81. The quantitative estimate of drug-likeness (QED) is 0.570. The molecule has 0 saturated carbocycles. The van der Waals surface area contributed by atoms with Gasteiger partial charge in [0.25, 0.3) is 11.5 Å². The summed E-state index contributed by atoms with van der Waals surface area (Å²) < 4.78 is 1.27. The Hall–Kier alpha value is -3.39. The zero-order valence-electron chi connectivity index (χ0n) is 16.9. The predicted octanol–water partition coefficient (Wildman–Crippen LogP) is 2.93. The monoisotopic (exact) mass is 424 g/mol. The highest BCUT2D eigenvalue weighted by Gasteiger charge is 2.23. The molecule has 0 aliphatic heterocycles. The van der Waals surface area contributed by atoms with E-state index in [2.05, 4.69) is 4.98 Å².